The van der Waals surface area contributed by atoms with Gasteiger partial charge in [0.05, 0.1) is 6.61 Å². The number of ether oxygens (including phenoxy) is 2. The summed E-state index contributed by atoms with van der Waals surface area (Å²) in [5.41, 5.74) is 0. The molecule has 0 amide bonds. The molecule has 0 radical (unpaired) electrons. The molecular weight excluding hydrogens is 204 g/mol. The van der Waals surface area contributed by atoms with Gasteiger partial charge in [-0.25, -0.2) is 0 Å². The number of piperazine rings is 1. The molecule has 0 aromatic rings. The molecule has 0 bridgehead atoms. The molecule has 2 aliphatic heterocycles. The molecule has 0 aliphatic carbocycles. The standard InChI is InChI=1S/C12H24N2O2/c1-11-10-14(6-5-13-11)7-9-16-12-4-2-3-8-15-12/h11-13H,2-10H2,1H3/t11-,12?/m0/s1. The molecule has 0 saturated carbocycles. The van der Waals surface area contributed by atoms with Crippen LogP contribution in [0.5, 0.6) is 0 Å². The monoisotopic (exact) mass is 228 g/mol. The SMILES string of the molecule is C[C@H]1CN(CCOC2CCCCO2)CCN1. The number of hydrogen-bond donors (Lipinski definition) is 1. The van der Waals surface area contributed by atoms with Crippen LogP contribution in [0.3, 0.4) is 0 Å². The molecule has 2 atom stereocenters. The van der Waals surface area contributed by atoms with Gasteiger partial charge in [-0.1, -0.05) is 0 Å². The third-order valence-corrected chi connectivity index (χ3v) is 3.30. The zero-order valence-electron chi connectivity index (χ0n) is 10.3. The van der Waals surface area contributed by atoms with Gasteiger partial charge in [0.15, 0.2) is 6.29 Å². The predicted molar refractivity (Wildman–Crippen MR) is 63.4 cm³/mol. The van der Waals surface area contributed by atoms with E-state index >= 15 is 0 Å². The summed E-state index contributed by atoms with van der Waals surface area (Å²) in [6.07, 6.45) is 3.57. The molecule has 0 aromatic heterocycles. The van der Waals surface area contributed by atoms with E-state index in [9.17, 15) is 0 Å². The van der Waals surface area contributed by atoms with Crippen LogP contribution in [0.2, 0.25) is 0 Å². The van der Waals surface area contributed by atoms with Gasteiger partial charge in [-0.3, -0.25) is 4.90 Å². The van der Waals surface area contributed by atoms with Crippen molar-refractivity contribution in [3.05, 3.63) is 0 Å². The number of rotatable bonds is 4. The van der Waals surface area contributed by atoms with E-state index in [1.165, 1.54) is 12.8 Å². The Morgan fingerprint density at radius 3 is 3.12 bits per heavy atom. The van der Waals surface area contributed by atoms with Crippen LogP contribution >= 0.6 is 0 Å². The van der Waals surface area contributed by atoms with Gasteiger partial charge in [0.1, 0.15) is 0 Å². The molecule has 16 heavy (non-hydrogen) atoms. The first-order valence-electron chi connectivity index (χ1n) is 6.53. The highest BCUT2D eigenvalue weighted by Gasteiger charge is 2.17. The Hall–Kier alpha value is -0.160. The van der Waals surface area contributed by atoms with E-state index in [0.29, 0.717) is 6.04 Å². The van der Waals surface area contributed by atoms with Crippen molar-refractivity contribution in [3.63, 3.8) is 0 Å². The maximum Gasteiger partial charge on any atom is 0.157 e. The van der Waals surface area contributed by atoms with Gasteiger partial charge in [-0.05, 0) is 26.2 Å². The quantitative estimate of drug-likeness (QED) is 0.772. The van der Waals surface area contributed by atoms with Crippen molar-refractivity contribution in [1.82, 2.24) is 10.2 Å². The molecular formula is C12H24N2O2. The molecule has 2 saturated heterocycles. The van der Waals surface area contributed by atoms with Gasteiger partial charge < -0.3 is 14.8 Å². The first-order valence-corrected chi connectivity index (χ1v) is 6.53. The molecule has 2 heterocycles. The summed E-state index contributed by atoms with van der Waals surface area (Å²) in [7, 11) is 0. The highest BCUT2D eigenvalue weighted by Crippen LogP contribution is 2.13. The smallest absolute Gasteiger partial charge is 0.157 e. The fourth-order valence-electron chi connectivity index (χ4n) is 2.37. The van der Waals surface area contributed by atoms with Gasteiger partial charge >= 0.3 is 0 Å². The van der Waals surface area contributed by atoms with Crippen LogP contribution in [0.4, 0.5) is 0 Å². The van der Waals surface area contributed by atoms with Crippen LogP contribution in [0.15, 0.2) is 0 Å². The maximum atomic E-state index is 5.74. The van der Waals surface area contributed by atoms with E-state index in [-0.39, 0.29) is 6.29 Å². The molecule has 4 heteroatoms. The van der Waals surface area contributed by atoms with Crippen LogP contribution in [0, 0.1) is 0 Å². The minimum atomic E-state index is 0.0640. The summed E-state index contributed by atoms with van der Waals surface area (Å²) >= 11 is 0. The molecule has 1 N–H and O–H groups in total. The molecule has 2 fully saturated rings. The van der Waals surface area contributed by atoms with E-state index in [2.05, 4.69) is 17.1 Å². The van der Waals surface area contributed by atoms with Gasteiger partial charge in [0.25, 0.3) is 0 Å². The lowest BCUT2D eigenvalue weighted by Gasteiger charge is -2.32. The van der Waals surface area contributed by atoms with E-state index in [4.69, 9.17) is 9.47 Å². The van der Waals surface area contributed by atoms with Crippen molar-refractivity contribution < 1.29 is 9.47 Å². The topological polar surface area (TPSA) is 33.7 Å². The van der Waals surface area contributed by atoms with E-state index < -0.39 is 0 Å². The predicted octanol–water partition coefficient (Wildman–Crippen LogP) is 0.823. The average molecular weight is 228 g/mol. The first-order chi connectivity index (χ1) is 7.84. The zero-order chi connectivity index (χ0) is 11.2. The summed E-state index contributed by atoms with van der Waals surface area (Å²) < 4.78 is 11.3. The number of nitrogens with one attached hydrogen (secondary N) is 1. The zero-order valence-corrected chi connectivity index (χ0v) is 10.3. The van der Waals surface area contributed by atoms with Crippen LogP contribution in [-0.4, -0.2) is 56.6 Å². The fraction of sp³-hybridized carbons (Fsp3) is 1.00. The molecule has 4 nitrogen and oxygen atoms in total. The van der Waals surface area contributed by atoms with Gasteiger partial charge in [-0.15, -0.1) is 0 Å². The second-order valence-corrected chi connectivity index (χ2v) is 4.82. The summed E-state index contributed by atoms with van der Waals surface area (Å²) in [4.78, 5) is 2.46. The van der Waals surface area contributed by atoms with Crippen molar-refractivity contribution >= 4 is 0 Å². The number of hydrogen-bond acceptors (Lipinski definition) is 4. The highest BCUT2D eigenvalue weighted by molar-refractivity contribution is 4.74. The third kappa shape index (κ3) is 4.01. The molecule has 0 spiro atoms. The lowest BCUT2D eigenvalue weighted by molar-refractivity contribution is -0.164. The Kier molecular flexibility index (Phi) is 5.03. The van der Waals surface area contributed by atoms with E-state index in [1.807, 2.05) is 0 Å². The molecule has 1 unspecified atom stereocenters. The molecule has 2 rings (SSSR count). The van der Waals surface area contributed by atoms with Crippen molar-refractivity contribution in [2.24, 2.45) is 0 Å². The van der Waals surface area contributed by atoms with Crippen LogP contribution in [0.1, 0.15) is 26.2 Å². The largest absolute Gasteiger partial charge is 0.353 e. The number of nitrogens with zero attached hydrogens (tertiary/aromatic N) is 1. The Morgan fingerprint density at radius 1 is 1.44 bits per heavy atom. The van der Waals surface area contributed by atoms with Gasteiger partial charge in [-0.2, -0.15) is 0 Å². The average Bonchev–Trinajstić information content (AvgIpc) is 2.30. The van der Waals surface area contributed by atoms with Crippen molar-refractivity contribution in [1.29, 1.82) is 0 Å². The van der Waals surface area contributed by atoms with E-state index in [0.717, 1.165) is 45.8 Å². The second kappa shape index (κ2) is 6.55. The van der Waals surface area contributed by atoms with Crippen molar-refractivity contribution in [3.8, 4) is 0 Å². The lowest BCUT2D eigenvalue weighted by Crippen LogP contribution is -2.50. The first kappa shape index (κ1) is 12.3. The Morgan fingerprint density at radius 2 is 2.38 bits per heavy atom. The van der Waals surface area contributed by atoms with Crippen LogP contribution < -0.4 is 5.32 Å². The van der Waals surface area contributed by atoms with Crippen LogP contribution in [0.25, 0.3) is 0 Å². The molecule has 0 aromatic carbocycles. The van der Waals surface area contributed by atoms with Gasteiger partial charge in [0.2, 0.25) is 0 Å². The summed E-state index contributed by atoms with van der Waals surface area (Å²) in [6, 6.07) is 0.611. The summed E-state index contributed by atoms with van der Waals surface area (Å²) in [5.74, 6) is 0. The summed E-state index contributed by atoms with van der Waals surface area (Å²) in [5, 5.41) is 3.44. The lowest BCUT2D eigenvalue weighted by atomic mass is 10.2. The van der Waals surface area contributed by atoms with Crippen molar-refractivity contribution in [2.45, 2.75) is 38.5 Å². The summed E-state index contributed by atoms with van der Waals surface area (Å²) in [6.45, 7) is 8.31. The van der Waals surface area contributed by atoms with E-state index in [1.54, 1.807) is 0 Å². The minimum absolute atomic E-state index is 0.0640. The van der Waals surface area contributed by atoms with Crippen molar-refractivity contribution in [2.75, 3.05) is 39.4 Å². The van der Waals surface area contributed by atoms with Crippen LogP contribution in [-0.2, 0) is 9.47 Å². The maximum absolute atomic E-state index is 5.74. The Bertz CT molecular complexity index is 195. The molecule has 94 valence electrons. The second-order valence-electron chi connectivity index (χ2n) is 4.82. The molecule has 2 aliphatic rings. The Balaban J connectivity index is 1.56. The normalized spacial score (nSPS) is 32.8. The fourth-order valence-corrected chi connectivity index (χ4v) is 2.37. The minimum Gasteiger partial charge on any atom is -0.353 e. The Labute approximate surface area is 98.3 Å². The highest BCUT2D eigenvalue weighted by atomic mass is 16.7. The third-order valence-electron chi connectivity index (χ3n) is 3.30. The van der Waals surface area contributed by atoms with Gasteiger partial charge in [0, 0.05) is 38.8 Å².